The van der Waals surface area contributed by atoms with Gasteiger partial charge >= 0.3 is 0 Å². The molecule has 0 unspecified atom stereocenters. The molecule has 1 aliphatic heterocycles. The van der Waals surface area contributed by atoms with Gasteiger partial charge in [0.15, 0.2) is 0 Å². The van der Waals surface area contributed by atoms with Gasteiger partial charge < -0.3 is 15.0 Å². The Bertz CT molecular complexity index is 826. The minimum absolute atomic E-state index is 0. The van der Waals surface area contributed by atoms with Crippen molar-refractivity contribution in [3.63, 3.8) is 0 Å². The van der Waals surface area contributed by atoms with Gasteiger partial charge in [-0.25, -0.2) is 4.98 Å². The maximum absolute atomic E-state index is 11.6. The molecule has 7 nitrogen and oxygen atoms in total. The number of aromatic nitrogens is 3. The first-order valence-corrected chi connectivity index (χ1v) is 9.53. The van der Waals surface area contributed by atoms with Crippen LogP contribution in [0.15, 0.2) is 30.9 Å². The number of piperidine rings is 1. The zero-order valence-electron chi connectivity index (χ0n) is 16.4. The van der Waals surface area contributed by atoms with Gasteiger partial charge in [0.05, 0.1) is 12.0 Å². The van der Waals surface area contributed by atoms with Gasteiger partial charge in [0.2, 0.25) is 0 Å². The summed E-state index contributed by atoms with van der Waals surface area (Å²) in [6, 6.07) is 3.81. The number of carbonyl (C=O) groups excluding carboxylic acids is 1. The van der Waals surface area contributed by atoms with Gasteiger partial charge in [-0.3, -0.25) is 14.7 Å². The number of hydrogen-bond donors (Lipinski definition) is 1. The average molecular weight is 406 g/mol. The SMILES string of the molecule is CO[C@]1(c2ccnc(C(N)=O)c2)[C@@H]2CCC[C@H]1CN(Cc1cncn1C)C2.Cl. The minimum atomic E-state index is -0.498. The zero-order chi connectivity index (χ0) is 19.0. The van der Waals surface area contributed by atoms with Crippen molar-refractivity contribution in [1.82, 2.24) is 19.4 Å². The summed E-state index contributed by atoms with van der Waals surface area (Å²) in [5, 5.41) is 0. The number of nitrogens with two attached hydrogens (primary N) is 1. The van der Waals surface area contributed by atoms with E-state index in [1.165, 1.54) is 12.1 Å². The van der Waals surface area contributed by atoms with Crippen molar-refractivity contribution in [2.24, 2.45) is 24.6 Å². The molecule has 2 aliphatic rings. The number of carbonyl (C=O) groups is 1. The molecule has 0 radical (unpaired) electrons. The number of rotatable bonds is 5. The summed E-state index contributed by atoms with van der Waals surface area (Å²) in [4.78, 5) is 22.5. The van der Waals surface area contributed by atoms with Crippen LogP contribution in [0, 0.1) is 11.8 Å². The van der Waals surface area contributed by atoms with E-state index in [0.717, 1.165) is 38.0 Å². The zero-order valence-corrected chi connectivity index (χ0v) is 17.2. The first kappa shape index (κ1) is 20.8. The molecule has 2 fully saturated rings. The van der Waals surface area contributed by atoms with E-state index >= 15 is 0 Å². The van der Waals surface area contributed by atoms with Gasteiger partial charge in [0.1, 0.15) is 11.3 Å². The topological polar surface area (TPSA) is 86.3 Å². The van der Waals surface area contributed by atoms with Crippen molar-refractivity contribution in [2.45, 2.75) is 31.4 Å². The molecule has 28 heavy (non-hydrogen) atoms. The Labute approximate surface area is 171 Å². The van der Waals surface area contributed by atoms with E-state index in [4.69, 9.17) is 10.5 Å². The highest BCUT2D eigenvalue weighted by atomic mass is 35.5. The maximum Gasteiger partial charge on any atom is 0.267 e. The number of nitrogens with zero attached hydrogens (tertiary/aromatic N) is 4. The molecule has 4 rings (SSSR count). The van der Waals surface area contributed by atoms with Crippen LogP contribution in [0.5, 0.6) is 0 Å². The molecule has 0 aromatic carbocycles. The van der Waals surface area contributed by atoms with E-state index in [-0.39, 0.29) is 18.0 Å². The first-order chi connectivity index (χ1) is 13.0. The van der Waals surface area contributed by atoms with Crippen LogP contribution < -0.4 is 5.73 Å². The van der Waals surface area contributed by atoms with Crippen molar-refractivity contribution in [3.8, 4) is 0 Å². The molecule has 3 heterocycles. The third-order valence-electron chi connectivity index (χ3n) is 6.38. The molecule has 1 saturated carbocycles. The third-order valence-corrected chi connectivity index (χ3v) is 6.38. The van der Waals surface area contributed by atoms with E-state index < -0.39 is 5.91 Å². The van der Waals surface area contributed by atoms with Crippen LogP contribution in [0.3, 0.4) is 0 Å². The summed E-state index contributed by atoms with van der Waals surface area (Å²) in [7, 11) is 3.83. The van der Waals surface area contributed by atoms with E-state index in [1.807, 2.05) is 31.7 Å². The largest absolute Gasteiger partial charge is 0.373 e. The highest BCUT2D eigenvalue weighted by molar-refractivity contribution is 5.90. The van der Waals surface area contributed by atoms with Crippen LogP contribution in [-0.4, -0.2) is 45.5 Å². The predicted molar refractivity (Wildman–Crippen MR) is 108 cm³/mol. The normalized spacial score (nSPS) is 27.2. The molecular formula is C20H28ClN5O2. The number of ether oxygens (including phenoxy) is 1. The number of fused-ring (bicyclic) bond motifs is 2. The highest BCUT2D eigenvalue weighted by Gasteiger charge is 2.53. The standard InChI is InChI=1S/C20H27N5O2.ClH/c1-24-13-22-9-17(24)12-25-10-15-4-3-5-16(11-25)20(15,27-2)14-6-7-23-18(8-14)19(21)26;/h6-9,13,15-16H,3-5,10-12H2,1-2H3,(H2,21,26);1H/t15-,16+,20-;. The van der Waals surface area contributed by atoms with Crippen LogP contribution in [0.1, 0.15) is 41.0 Å². The number of aryl methyl sites for hydroxylation is 1. The second kappa shape index (κ2) is 8.19. The van der Waals surface area contributed by atoms with Crippen molar-refractivity contribution in [2.75, 3.05) is 20.2 Å². The lowest BCUT2D eigenvalue weighted by Crippen LogP contribution is -2.58. The molecule has 1 aliphatic carbocycles. The molecule has 152 valence electrons. The fourth-order valence-electron chi connectivity index (χ4n) is 5.15. The molecule has 1 amide bonds. The number of primary amides is 1. The molecular weight excluding hydrogens is 378 g/mol. The van der Waals surface area contributed by atoms with Gasteiger partial charge in [0.25, 0.3) is 5.91 Å². The molecule has 0 spiro atoms. The Morgan fingerprint density at radius 3 is 2.64 bits per heavy atom. The molecule has 2 aromatic rings. The third kappa shape index (κ3) is 3.43. The van der Waals surface area contributed by atoms with Crippen LogP contribution in [0.4, 0.5) is 0 Å². The van der Waals surface area contributed by atoms with Crippen molar-refractivity contribution in [1.29, 1.82) is 0 Å². The molecule has 8 heteroatoms. The lowest BCUT2D eigenvalue weighted by Gasteiger charge is -2.55. The number of pyridine rings is 1. The first-order valence-electron chi connectivity index (χ1n) is 9.53. The maximum atomic E-state index is 11.6. The van der Waals surface area contributed by atoms with Crippen molar-refractivity contribution >= 4 is 18.3 Å². The Morgan fingerprint density at radius 2 is 2.07 bits per heavy atom. The smallest absolute Gasteiger partial charge is 0.267 e. The number of imidazole rings is 1. The predicted octanol–water partition coefficient (Wildman–Crippen LogP) is 2.11. The number of likely N-dealkylation sites (tertiary alicyclic amines) is 1. The molecule has 1 saturated heterocycles. The summed E-state index contributed by atoms with van der Waals surface area (Å²) in [6.45, 7) is 2.82. The number of hydrogen-bond acceptors (Lipinski definition) is 5. The van der Waals surface area contributed by atoms with Crippen LogP contribution in [-0.2, 0) is 23.9 Å². The summed E-state index contributed by atoms with van der Waals surface area (Å²) in [5.41, 5.74) is 7.64. The fraction of sp³-hybridized carbons (Fsp3) is 0.550. The van der Waals surface area contributed by atoms with Crippen LogP contribution in [0.25, 0.3) is 0 Å². The lowest BCUT2D eigenvalue weighted by molar-refractivity contribution is -0.170. The van der Waals surface area contributed by atoms with Crippen molar-refractivity contribution in [3.05, 3.63) is 47.8 Å². The second-order valence-electron chi connectivity index (χ2n) is 7.81. The Kier molecular flexibility index (Phi) is 6.07. The number of halogens is 1. The average Bonchev–Trinajstić information content (AvgIpc) is 3.05. The van der Waals surface area contributed by atoms with Gasteiger partial charge in [-0.15, -0.1) is 12.4 Å². The highest BCUT2D eigenvalue weighted by Crippen LogP contribution is 2.51. The summed E-state index contributed by atoms with van der Waals surface area (Å²) in [6.07, 6.45) is 8.90. The van der Waals surface area contributed by atoms with Crippen LogP contribution >= 0.6 is 12.4 Å². The minimum Gasteiger partial charge on any atom is -0.373 e. The second-order valence-corrected chi connectivity index (χ2v) is 7.81. The van der Waals surface area contributed by atoms with Crippen LogP contribution in [0.2, 0.25) is 0 Å². The quantitative estimate of drug-likeness (QED) is 0.823. The summed E-state index contributed by atoms with van der Waals surface area (Å²) in [5.74, 6) is 0.236. The molecule has 2 aromatic heterocycles. The monoisotopic (exact) mass is 405 g/mol. The van der Waals surface area contributed by atoms with Gasteiger partial charge in [-0.05, 0) is 30.5 Å². The van der Waals surface area contributed by atoms with E-state index in [2.05, 4.69) is 19.4 Å². The Hall–Kier alpha value is -1.96. The van der Waals surface area contributed by atoms with E-state index in [0.29, 0.717) is 17.5 Å². The van der Waals surface area contributed by atoms with Gasteiger partial charge in [-0.1, -0.05) is 6.42 Å². The number of amides is 1. The van der Waals surface area contributed by atoms with Gasteiger partial charge in [0, 0.05) is 58.0 Å². The summed E-state index contributed by atoms with van der Waals surface area (Å²) >= 11 is 0. The number of methoxy groups -OCH3 is 1. The lowest BCUT2D eigenvalue weighted by atomic mass is 9.62. The summed E-state index contributed by atoms with van der Waals surface area (Å²) < 4.78 is 8.33. The van der Waals surface area contributed by atoms with Gasteiger partial charge in [-0.2, -0.15) is 0 Å². The molecule has 3 atom stereocenters. The van der Waals surface area contributed by atoms with E-state index in [9.17, 15) is 4.79 Å². The molecule has 2 bridgehead atoms. The Morgan fingerprint density at radius 1 is 1.36 bits per heavy atom. The van der Waals surface area contributed by atoms with Crippen molar-refractivity contribution < 1.29 is 9.53 Å². The van der Waals surface area contributed by atoms with E-state index in [1.54, 1.807) is 13.3 Å². The molecule has 2 N–H and O–H groups in total. The fourth-order valence-corrected chi connectivity index (χ4v) is 5.15. The Balaban J connectivity index is 0.00000225.